The van der Waals surface area contributed by atoms with Crippen LogP contribution in [0.3, 0.4) is 0 Å². The summed E-state index contributed by atoms with van der Waals surface area (Å²) in [5, 5.41) is 2.99. The number of allylic oxidation sites excluding steroid dienone is 2. The molecule has 1 aliphatic carbocycles. The standard InChI is InChI=1S/C13H11NO2S/c15-17(16)9-10-5-1-2-6-11(10)12-7-3-4-8-13(12)14-17/h1-9,13-14H. The van der Waals surface area contributed by atoms with Crippen molar-refractivity contribution >= 4 is 21.0 Å². The van der Waals surface area contributed by atoms with Gasteiger partial charge >= 0.3 is 0 Å². The minimum absolute atomic E-state index is 0.273. The molecule has 0 aromatic heterocycles. The summed E-state index contributed by atoms with van der Waals surface area (Å²) in [7, 11) is -3.38. The largest absolute Gasteiger partial charge is 0.235 e. The Morgan fingerprint density at radius 1 is 1.12 bits per heavy atom. The highest BCUT2D eigenvalue weighted by Crippen LogP contribution is 2.13. The second kappa shape index (κ2) is 3.68. The van der Waals surface area contributed by atoms with Crippen LogP contribution in [0.5, 0.6) is 0 Å². The number of sulfonamides is 1. The fraction of sp³-hybridized carbons (Fsp3) is 0.0769. The lowest BCUT2D eigenvalue weighted by Crippen LogP contribution is -2.34. The molecule has 0 radical (unpaired) electrons. The van der Waals surface area contributed by atoms with Crippen molar-refractivity contribution in [3.63, 3.8) is 0 Å². The summed E-state index contributed by atoms with van der Waals surface area (Å²) in [6, 6.07) is 7.25. The first kappa shape index (κ1) is 10.5. The molecular weight excluding hydrogens is 234 g/mol. The molecule has 1 aromatic carbocycles. The lowest BCUT2D eigenvalue weighted by atomic mass is 9.99. The van der Waals surface area contributed by atoms with Crippen LogP contribution in [0, 0.1) is 0 Å². The molecule has 1 unspecified atom stereocenters. The summed E-state index contributed by atoms with van der Waals surface area (Å²) in [5.41, 5.74) is 0.987. The predicted molar refractivity (Wildman–Crippen MR) is 67.7 cm³/mol. The first-order valence-corrected chi connectivity index (χ1v) is 6.88. The molecule has 0 saturated heterocycles. The van der Waals surface area contributed by atoms with Gasteiger partial charge in [0.25, 0.3) is 0 Å². The molecule has 3 nitrogen and oxygen atoms in total. The maximum absolute atomic E-state index is 11.9. The van der Waals surface area contributed by atoms with Crippen molar-refractivity contribution < 1.29 is 8.42 Å². The van der Waals surface area contributed by atoms with Crippen LogP contribution in [0.25, 0.3) is 11.0 Å². The van der Waals surface area contributed by atoms with E-state index in [-0.39, 0.29) is 6.04 Å². The second-order valence-electron chi connectivity index (χ2n) is 4.04. The van der Waals surface area contributed by atoms with E-state index in [1.807, 2.05) is 48.6 Å². The molecule has 3 rings (SSSR count). The van der Waals surface area contributed by atoms with Gasteiger partial charge in [0.1, 0.15) is 0 Å². The first-order chi connectivity index (χ1) is 8.16. The van der Waals surface area contributed by atoms with Crippen LogP contribution in [0.4, 0.5) is 0 Å². The SMILES string of the molecule is O=S1(=O)C=c2ccccc2=C2C=CC=CC2N1. The third-order valence-electron chi connectivity index (χ3n) is 2.87. The quantitative estimate of drug-likeness (QED) is 0.699. The van der Waals surface area contributed by atoms with Gasteiger partial charge in [0.05, 0.1) is 11.4 Å². The van der Waals surface area contributed by atoms with Gasteiger partial charge < -0.3 is 0 Å². The molecule has 17 heavy (non-hydrogen) atoms. The van der Waals surface area contributed by atoms with Gasteiger partial charge in [0.15, 0.2) is 0 Å². The van der Waals surface area contributed by atoms with Gasteiger partial charge in [-0.15, -0.1) is 0 Å². The van der Waals surface area contributed by atoms with Gasteiger partial charge in [-0.1, -0.05) is 48.6 Å². The number of fused-ring (bicyclic) bond motifs is 2. The van der Waals surface area contributed by atoms with Gasteiger partial charge in [-0.25, -0.2) is 13.1 Å². The molecule has 0 bridgehead atoms. The van der Waals surface area contributed by atoms with E-state index in [2.05, 4.69) is 4.72 Å². The molecule has 1 aromatic rings. The van der Waals surface area contributed by atoms with E-state index in [9.17, 15) is 8.42 Å². The zero-order chi connectivity index (χ0) is 11.9. The molecule has 0 amide bonds. The van der Waals surface area contributed by atoms with E-state index in [0.29, 0.717) is 0 Å². The van der Waals surface area contributed by atoms with Crippen LogP contribution in [-0.4, -0.2) is 14.5 Å². The summed E-state index contributed by atoms with van der Waals surface area (Å²) in [4.78, 5) is 0. The highest BCUT2D eigenvalue weighted by atomic mass is 32.2. The summed E-state index contributed by atoms with van der Waals surface area (Å²) >= 11 is 0. The van der Waals surface area contributed by atoms with Crippen molar-refractivity contribution in [2.24, 2.45) is 0 Å². The number of rotatable bonds is 0. The number of nitrogens with one attached hydrogen (secondary N) is 1. The molecule has 4 heteroatoms. The zero-order valence-corrected chi connectivity index (χ0v) is 9.81. The summed E-state index contributed by atoms with van der Waals surface area (Å²) in [6.45, 7) is 0. The van der Waals surface area contributed by atoms with Crippen LogP contribution in [0.15, 0.2) is 48.6 Å². The van der Waals surface area contributed by atoms with Crippen LogP contribution >= 0.6 is 0 Å². The molecule has 1 N–H and O–H groups in total. The highest BCUT2D eigenvalue weighted by molar-refractivity contribution is 7.97. The Morgan fingerprint density at radius 3 is 2.82 bits per heavy atom. The van der Waals surface area contributed by atoms with E-state index in [0.717, 1.165) is 16.0 Å². The Bertz CT molecular complexity index is 742. The van der Waals surface area contributed by atoms with E-state index in [1.54, 1.807) is 0 Å². The highest BCUT2D eigenvalue weighted by Gasteiger charge is 2.20. The predicted octanol–water partition coefficient (Wildman–Crippen LogP) is 0.00290. The zero-order valence-electron chi connectivity index (χ0n) is 9.00. The lowest BCUT2D eigenvalue weighted by Gasteiger charge is -2.15. The van der Waals surface area contributed by atoms with Crippen molar-refractivity contribution in [3.8, 4) is 0 Å². The molecule has 1 heterocycles. The van der Waals surface area contributed by atoms with Crippen LogP contribution in [-0.2, 0) is 10.0 Å². The molecular formula is C13H11NO2S. The normalized spacial score (nSPS) is 24.5. The maximum atomic E-state index is 11.9. The maximum Gasteiger partial charge on any atom is 0.235 e. The monoisotopic (exact) mass is 245 g/mol. The number of hydrogen-bond donors (Lipinski definition) is 1. The summed E-state index contributed by atoms with van der Waals surface area (Å²) in [5.74, 6) is 0. The smallest absolute Gasteiger partial charge is 0.208 e. The van der Waals surface area contributed by atoms with Crippen molar-refractivity contribution in [2.75, 3.05) is 0 Å². The van der Waals surface area contributed by atoms with E-state index < -0.39 is 10.0 Å². The molecule has 2 aliphatic rings. The van der Waals surface area contributed by atoms with E-state index in [4.69, 9.17) is 0 Å². The Morgan fingerprint density at radius 2 is 1.94 bits per heavy atom. The molecule has 0 spiro atoms. The van der Waals surface area contributed by atoms with Crippen molar-refractivity contribution in [2.45, 2.75) is 6.04 Å². The van der Waals surface area contributed by atoms with Gasteiger partial charge in [-0.05, 0) is 16.0 Å². The van der Waals surface area contributed by atoms with E-state index >= 15 is 0 Å². The van der Waals surface area contributed by atoms with Gasteiger partial charge in [-0.3, -0.25) is 0 Å². The third-order valence-corrected chi connectivity index (χ3v) is 4.02. The van der Waals surface area contributed by atoms with E-state index in [1.165, 1.54) is 5.41 Å². The van der Waals surface area contributed by atoms with Gasteiger partial charge in [0, 0.05) is 0 Å². The Balaban J connectivity index is 2.48. The topological polar surface area (TPSA) is 46.2 Å². The average Bonchev–Trinajstić information content (AvgIpc) is 2.40. The molecule has 86 valence electrons. The minimum atomic E-state index is -3.38. The number of benzene rings is 1. The minimum Gasteiger partial charge on any atom is -0.208 e. The Labute approximate surface area is 99.5 Å². The molecule has 1 atom stereocenters. The van der Waals surface area contributed by atoms with Crippen molar-refractivity contribution in [3.05, 3.63) is 59.0 Å². The number of hydrogen-bond acceptors (Lipinski definition) is 2. The summed E-state index contributed by atoms with van der Waals surface area (Å²) in [6.07, 6.45) is 7.57. The van der Waals surface area contributed by atoms with Crippen LogP contribution < -0.4 is 15.2 Å². The fourth-order valence-corrected chi connectivity index (χ4v) is 3.31. The molecule has 0 fully saturated rings. The van der Waals surface area contributed by atoms with Gasteiger partial charge in [-0.2, -0.15) is 0 Å². The van der Waals surface area contributed by atoms with Crippen molar-refractivity contribution in [1.29, 1.82) is 0 Å². The fourth-order valence-electron chi connectivity index (χ4n) is 2.14. The average molecular weight is 245 g/mol. The lowest BCUT2D eigenvalue weighted by molar-refractivity contribution is 0.593. The molecule has 0 saturated carbocycles. The molecule has 1 aliphatic heterocycles. The van der Waals surface area contributed by atoms with Crippen molar-refractivity contribution in [1.82, 2.24) is 4.72 Å². The van der Waals surface area contributed by atoms with Gasteiger partial charge in [0.2, 0.25) is 10.0 Å². The van der Waals surface area contributed by atoms with Crippen LogP contribution in [0.1, 0.15) is 0 Å². The Kier molecular flexibility index (Phi) is 2.28. The third kappa shape index (κ3) is 1.85. The van der Waals surface area contributed by atoms with Crippen LogP contribution in [0.2, 0.25) is 0 Å². The second-order valence-corrected chi connectivity index (χ2v) is 5.61. The summed E-state index contributed by atoms with van der Waals surface area (Å²) < 4.78 is 26.3. The Hall–Kier alpha value is -1.65. The first-order valence-electron chi connectivity index (χ1n) is 5.34.